The maximum absolute atomic E-state index is 7.97. The van der Waals surface area contributed by atoms with E-state index in [9.17, 15) is 0 Å². The van der Waals surface area contributed by atoms with Crippen molar-refractivity contribution in [3.05, 3.63) is 37.0 Å². The summed E-state index contributed by atoms with van der Waals surface area (Å²) in [6.07, 6.45) is 8.22. The molecule has 0 N–H and O–H groups in total. The van der Waals surface area contributed by atoms with Gasteiger partial charge in [0, 0.05) is 6.08 Å². The van der Waals surface area contributed by atoms with Crippen molar-refractivity contribution in [3.63, 3.8) is 0 Å². The minimum atomic E-state index is 1.40. The predicted molar refractivity (Wildman–Crippen MR) is 34.1 cm³/mol. The van der Waals surface area contributed by atoms with Crippen molar-refractivity contribution in [1.82, 2.24) is 0 Å². The second kappa shape index (κ2) is 5.71. The Morgan fingerprint density at radius 1 is 1.25 bits per heavy atom. The van der Waals surface area contributed by atoms with E-state index in [1.807, 2.05) is 6.07 Å². The number of hydrogen-bond donors (Lipinski definition) is 0. The molecule has 0 radical (unpaired) electrons. The summed E-state index contributed by atoms with van der Waals surface area (Å²) in [5.74, 6) is 0. The Morgan fingerprint density at radius 2 is 2.00 bits per heavy atom. The van der Waals surface area contributed by atoms with E-state index in [1.165, 1.54) is 6.08 Å². The monoisotopic (exact) mass is 105 g/mol. The van der Waals surface area contributed by atoms with Gasteiger partial charge in [0.15, 0.2) is 0 Å². The molecule has 0 aliphatic carbocycles. The van der Waals surface area contributed by atoms with Crippen LogP contribution in [0.1, 0.15) is 0 Å². The Kier molecular flexibility index (Phi) is 4.79. The molecule has 0 saturated heterocycles. The van der Waals surface area contributed by atoms with Crippen LogP contribution in [0.25, 0.3) is 0 Å². The molecular weight excluding hydrogens is 98.1 g/mol. The zero-order chi connectivity index (χ0) is 6.24. The summed E-state index contributed by atoms with van der Waals surface area (Å²) in [4.78, 5) is 0. The molecule has 0 aromatic heterocycles. The van der Waals surface area contributed by atoms with Crippen LogP contribution in [0, 0.1) is 11.3 Å². The zero-order valence-corrected chi connectivity index (χ0v) is 4.54. The molecule has 0 spiro atoms. The Labute approximate surface area is 49.3 Å². The fourth-order valence-corrected chi connectivity index (χ4v) is 0.241. The Balaban J connectivity index is 3.46. The Bertz CT molecular complexity index is 146. The highest BCUT2D eigenvalue weighted by Gasteiger charge is 1.56. The molecule has 0 aliphatic heterocycles. The molecular formula is C7H7N. The first kappa shape index (κ1) is 6.71. The molecule has 0 saturated carbocycles. The van der Waals surface area contributed by atoms with E-state index < -0.39 is 0 Å². The summed E-state index contributed by atoms with van der Waals surface area (Å²) in [5.41, 5.74) is 0. The molecule has 0 heterocycles. The van der Waals surface area contributed by atoms with E-state index in [1.54, 1.807) is 24.3 Å². The van der Waals surface area contributed by atoms with Crippen LogP contribution in [0.4, 0.5) is 0 Å². The van der Waals surface area contributed by atoms with Gasteiger partial charge in [-0.1, -0.05) is 30.9 Å². The topological polar surface area (TPSA) is 23.8 Å². The molecule has 1 nitrogen and oxygen atoms in total. The largest absolute Gasteiger partial charge is 0.193 e. The first-order chi connectivity index (χ1) is 3.91. The molecule has 0 rings (SSSR count). The number of nitrogens with zero attached hydrogens (tertiary/aromatic N) is 1. The zero-order valence-electron chi connectivity index (χ0n) is 4.54. The van der Waals surface area contributed by atoms with Gasteiger partial charge in [0.25, 0.3) is 0 Å². The second-order valence-electron chi connectivity index (χ2n) is 1.11. The van der Waals surface area contributed by atoms with Gasteiger partial charge in [0.05, 0.1) is 6.07 Å². The molecule has 0 amide bonds. The van der Waals surface area contributed by atoms with Gasteiger partial charge < -0.3 is 0 Å². The standard InChI is InChI=1S/C7H7N/c1-2-3-4-5-6-7-8/h2-6H,1H2. The highest BCUT2D eigenvalue weighted by Crippen LogP contribution is 1.74. The molecule has 0 aliphatic rings. The van der Waals surface area contributed by atoms with E-state index in [-0.39, 0.29) is 0 Å². The van der Waals surface area contributed by atoms with E-state index in [4.69, 9.17) is 5.26 Å². The van der Waals surface area contributed by atoms with E-state index in [0.29, 0.717) is 0 Å². The van der Waals surface area contributed by atoms with Crippen LogP contribution in [0.2, 0.25) is 0 Å². The average molecular weight is 105 g/mol. The average Bonchev–Trinajstić information content (AvgIpc) is 1.81. The highest BCUT2D eigenvalue weighted by molar-refractivity contribution is 5.14. The predicted octanol–water partition coefficient (Wildman–Crippen LogP) is 1.81. The van der Waals surface area contributed by atoms with Gasteiger partial charge in [-0.05, 0) is 0 Å². The highest BCUT2D eigenvalue weighted by atomic mass is 14.2. The van der Waals surface area contributed by atoms with Gasteiger partial charge in [-0.3, -0.25) is 0 Å². The second-order valence-corrected chi connectivity index (χ2v) is 1.11. The van der Waals surface area contributed by atoms with Gasteiger partial charge in [-0.2, -0.15) is 5.26 Å². The molecule has 0 aromatic carbocycles. The molecule has 0 atom stereocenters. The fraction of sp³-hybridized carbons (Fsp3) is 0. The van der Waals surface area contributed by atoms with E-state index in [2.05, 4.69) is 6.58 Å². The van der Waals surface area contributed by atoms with E-state index >= 15 is 0 Å². The van der Waals surface area contributed by atoms with Crippen molar-refractivity contribution in [2.24, 2.45) is 0 Å². The number of allylic oxidation sites excluding steroid dienone is 5. The minimum Gasteiger partial charge on any atom is -0.193 e. The molecule has 0 aromatic rings. The van der Waals surface area contributed by atoms with Crippen molar-refractivity contribution in [3.8, 4) is 6.07 Å². The van der Waals surface area contributed by atoms with Crippen LogP contribution in [-0.4, -0.2) is 0 Å². The van der Waals surface area contributed by atoms with Crippen LogP contribution in [0.3, 0.4) is 0 Å². The van der Waals surface area contributed by atoms with Gasteiger partial charge in [0.2, 0.25) is 0 Å². The summed E-state index contributed by atoms with van der Waals surface area (Å²) in [7, 11) is 0. The van der Waals surface area contributed by atoms with Crippen LogP contribution in [0.5, 0.6) is 0 Å². The lowest BCUT2D eigenvalue weighted by atomic mass is 10.4. The van der Waals surface area contributed by atoms with Crippen molar-refractivity contribution in [1.29, 1.82) is 5.26 Å². The molecule has 1 heteroatoms. The third-order valence-corrected chi connectivity index (χ3v) is 0.529. The summed E-state index contributed by atoms with van der Waals surface area (Å²) in [5, 5.41) is 7.97. The van der Waals surface area contributed by atoms with Crippen LogP contribution < -0.4 is 0 Å². The minimum absolute atomic E-state index is 1.40. The lowest BCUT2D eigenvalue weighted by Crippen LogP contribution is -1.45. The van der Waals surface area contributed by atoms with Crippen molar-refractivity contribution in [2.75, 3.05) is 0 Å². The van der Waals surface area contributed by atoms with Crippen LogP contribution in [0.15, 0.2) is 37.0 Å². The lowest BCUT2D eigenvalue weighted by molar-refractivity contribution is 1.53. The van der Waals surface area contributed by atoms with Gasteiger partial charge in [-0.25, -0.2) is 0 Å². The van der Waals surface area contributed by atoms with Crippen LogP contribution >= 0.6 is 0 Å². The SMILES string of the molecule is C=CC=CC=CC#N. The van der Waals surface area contributed by atoms with E-state index in [0.717, 1.165) is 0 Å². The normalized spacial score (nSPS) is 9.88. The Morgan fingerprint density at radius 3 is 2.50 bits per heavy atom. The number of nitriles is 1. The Hall–Kier alpha value is -1.29. The van der Waals surface area contributed by atoms with Crippen molar-refractivity contribution >= 4 is 0 Å². The number of hydrogen-bond acceptors (Lipinski definition) is 1. The lowest BCUT2D eigenvalue weighted by Gasteiger charge is -1.64. The summed E-state index contributed by atoms with van der Waals surface area (Å²) in [6, 6.07) is 1.86. The first-order valence-electron chi connectivity index (χ1n) is 2.25. The maximum atomic E-state index is 7.97. The number of rotatable bonds is 2. The third-order valence-electron chi connectivity index (χ3n) is 0.529. The summed E-state index contributed by atoms with van der Waals surface area (Å²) >= 11 is 0. The van der Waals surface area contributed by atoms with Gasteiger partial charge >= 0.3 is 0 Å². The quantitative estimate of drug-likeness (QED) is 0.388. The molecule has 8 heavy (non-hydrogen) atoms. The smallest absolute Gasteiger partial charge is 0.0912 e. The molecule has 40 valence electrons. The van der Waals surface area contributed by atoms with Crippen molar-refractivity contribution < 1.29 is 0 Å². The van der Waals surface area contributed by atoms with Crippen molar-refractivity contribution in [2.45, 2.75) is 0 Å². The molecule has 0 bridgehead atoms. The summed E-state index contributed by atoms with van der Waals surface area (Å²) < 4.78 is 0. The maximum Gasteiger partial charge on any atom is 0.0912 e. The van der Waals surface area contributed by atoms with Gasteiger partial charge in [0.1, 0.15) is 0 Å². The van der Waals surface area contributed by atoms with Crippen LogP contribution in [-0.2, 0) is 0 Å². The van der Waals surface area contributed by atoms with Gasteiger partial charge in [-0.15, -0.1) is 0 Å². The molecule has 0 fully saturated rings. The summed E-state index contributed by atoms with van der Waals surface area (Å²) in [6.45, 7) is 3.45. The molecule has 0 unspecified atom stereocenters. The third kappa shape index (κ3) is 4.71. The first-order valence-corrected chi connectivity index (χ1v) is 2.25. The fourth-order valence-electron chi connectivity index (χ4n) is 0.241.